The van der Waals surface area contributed by atoms with Crippen LogP contribution in [0.3, 0.4) is 0 Å². The maximum atomic E-state index is 12.6. The SMILES string of the molecule is C[C@@H]1CN(C)CC[C@@H]1N(C)C(=O)Nc1ccc(Cn2cncn2)cc1. The molecule has 1 fully saturated rings. The molecule has 7 nitrogen and oxygen atoms in total. The molecule has 0 unspecified atom stereocenters. The first-order valence-electron chi connectivity index (χ1n) is 8.66. The number of carbonyl (C=O) groups is 1. The van der Waals surface area contributed by atoms with Gasteiger partial charge in [0.05, 0.1) is 6.54 Å². The van der Waals surface area contributed by atoms with Gasteiger partial charge in [0.2, 0.25) is 0 Å². The molecule has 2 aromatic rings. The minimum Gasteiger partial charge on any atom is -0.324 e. The summed E-state index contributed by atoms with van der Waals surface area (Å²) < 4.78 is 1.77. The quantitative estimate of drug-likeness (QED) is 0.924. The van der Waals surface area contributed by atoms with Crippen LogP contribution in [-0.2, 0) is 6.54 Å². The van der Waals surface area contributed by atoms with Gasteiger partial charge in [-0.25, -0.2) is 14.5 Å². The largest absolute Gasteiger partial charge is 0.324 e. The molecule has 1 aromatic carbocycles. The zero-order valence-corrected chi connectivity index (χ0v) is 15.1. The first-order chi connectivity index (χ1) is 12.0. The number of rotatable bonds is 4. The van der Waals surface area contributed by atoms with Crippen LogP contribution < -0.4 is 5.32 Å². The van der Waals surface area contributed by atoms with E-state index < -0.39 is 0 Å². The normalized spacial score (nSPS) is 21.1. The maximum Gasteiger partial charge on any atom is 0.321 e. The second-order valence-electron chi connectivity index (χ2n) is 6.93. The standard InChI is InChI=1S/C18H26N6O/c1-14-10-22(2)9-8-17(14)23(3)18(25)21-16-6-4-15(5-7-16)11-24-13-19-12-20-24/h4-7,12-14,17H,8-11H2,1-3H3,(H,21,25)/t14-,17+/m1/s1. The van der Waals surface area contributed by atoms with Gasteiger partial charge in [0.15, 0.2) is 0 Å². The van der Waals surface area contributed by atoms with Gasteiger partial charge in [0.1, 0.15) is 12.7 Å². The van der Waals surface area contributed by atoms with Gasteiger partial charge in [-0.3, -0.25) is 0 Å². The highest BCUT2D eigenvalue weighted by Crippen LogP contribution is 2.21. The number of hydrogen-bond donors (Lipinski definition) is 1. The molecule has 2 heterocycles. The number of hydrogen-bond acceptors (Lipinski definition) is 4. The third kappa shape index (κ3) is 4.36. The van der Waals surface area contributed by atoms with Gasteiger partial charge in [-0.2, -0.15) is 5.10 Å². The van der Waals surface area contributed by atoms with E-state index in [2.05, 4.69) is 34.3 Å². The van der Waals surface area contributed by atoms with Gasteiger partial charge in [-0.15, -0.1) is 0 Å². The Hall–Kier alpha value is -2.41. The van der Waals surface area contributed by atoms with Crippen molar-refractivity contribution in [3.63, 3.8) is 0 Å². The first kappa shape index (κ1) is 17.4. The third-order valence-corrected chi connectivity index (χ3v) is 4.90. The summed E-state index contributed by atoms with van der Waals surface area (Å²) >= 11 is 0. The Bertz CT molecular complexity index is 684. The summed E-state index contributed by atoms with van der Waals surface area (Å²) in [7, 11) is 4.02. The molecule has 0 saturated carbocycles. The average molecular weight is 342 g/mol. The molecule has 1 aromatic heterocycles. The minimum absolute atomic E-state index is 0.0505. The molecule has 25 heavy (non-hydrogen) atoms. The predicted molar refractivity (Wildman–Crippen MR) is 97.4 cm³/mol. The van der Waals surface area contributed by atoms with E-state index in [0.717, 1.165) is 30.8 Å². The summed E-state index contributed by atoms with van der Waals surface area (Å²) in [5, 5.41) is 7.09. The number of nitrogens with zero attached hydrogens (tertiary/aromatic N) is 5. The zero-order chi connectivity index (χ0) is 17.8. The van der Waals surface area contributed by atoms with Crippen LogP contribution in [-0.4, -0.2) is 63.8 Å². The van der Waals surface area contributed by atoms with Crippen LogP contribution in [0.5, 0.6) is 0 Å². The van der Waals surface area contributed by atoms with Crippen molar-refractivity contribution in [1.29, 1.82) is 0 Å². The molecule has 1 aliphatic rings. The summed E-state index contributed by atoms with van der Waals surface area (Å²) in [6.45, 7) is 4.94. The van der Waals surface area contributed by atoms with E-state index >= 15 is 0 Å². The Morgan fingerprint density at radius 1 is 1.36 bits per heavy atom. The number of amides is 2. The number of anilines is 1. The summed E-state index contributed by atoms with van der Waals surface area (Å²) in [5.74, 6) is 0.472. The van der Waals surface area contributed by atoms with Crippen LogP contribution >= 0.6 is 0 Å². The van der Waals surface area contributed by atoms with Gasteiger partial charge in [-0.05, 0) is 43.6 Å². The van der Waals surface area contributed by atoms with Crippen molar-refractivity contribution in [1.82, 2.24) is 24.6 Å². The maximum absolute atomic E-state index is 12.6. The zero-order valence-electron chi connectivity index (χ0n) is 15.1. The molecule has 134 valence electrons. The number of aromatic nitrogens is 3. The van der Waals surface area contributed by atoms with E-state index in [1.54, 1.807) is 11.0 Å². The Labute approximate surface area is 148 Å². The Kier molecular flexibility index (Phi) is 5.33. The molecule has 3 rings (SSSR count). The van der Waals surface area contributed by atoms with E-state index in [1.807, 2.05) is 36.2 Å². The van der Waals surface area contributed by atoms with Crippen LogP contribution in [0.25, 0.3) is 0 Å². The van der Waals surface area contributed by atoms with E-state index in [9.17, 15) is 4.79 Å². The van der Waals surface area contributed by atoms with Crippen molar-refractivity contribution in [3.05, 3.63) is 42.5 Å². The fraction of sp³-hybridized carbons (Fsp3) is 0.500. The van der Waals surface area contributed by atoms with Crippen LogP contribution in [0, 0.1) is 5.92 Å². The number of benzene rings is 1. The summed E-state index contributed by atoms with van der Waals surface area (Å²) in [6, 6.07) is 8.07. The van der Waals surface area contributed by atoms with Crippen molar-refractivity contribution in [2.45, 2.75) is 25.9 Å². The molecule has 0 radical (unpaired) electrons. The lowest BCUT2D eigenvalue weighted by Crippen LogP contribution is -2.50. The van der Waals surface area contributed by atoms with E-state index in [4.69, 9.17) is 0 Å². The minimum atomic E-state index is -0.0505. The van der Waals surface area contributed by atoms with Crippen LogP contribution in [0.15, 0.2) is 36.9 Å². The van der Waals surface area contributed by atoms with E-state index in [0.29, 0.717) is 12.5 Å². The molecule has 0 bridgehead atoms. The molecule has 1 aliphatic heterocycles. The van der Waals surface area contributed by atoms with Crippen molar-refractivity contribution in [2.75, 3.05) is 32.5 Å². The van der Waals surface area contributed by atoms with E-state index in [-0.39, 0.29) is 12.1 Å². The second-order valence-corrected chi connectivity index (χ2v) is 6.93. The highest BCUT2D eigenvalue weighted by atomic mass is 16.2. The third-order valence-electron chi connectivity index (χ3n) is 4.90. The van der Waals surface area contributed by atoms with Gasteiger partial charge >= 0.3 is 6.03 Å². The molecule has 2 amide bonds. The molecular weight excluding hydrogens is 316 g/mol. The summed E-state index contributed by atoms with van der Waals surface area (Å²) in [6.07, 6.45) is 4.22. The van der Waals surface area contributed by atoms with Crippen LogP contribution in [0.1, 0.15) is 18.9 Å². The molecular formula is C18H26N6O. The Balaban J connectivity index is 1.57. The highest BCUT2D eigenvalue weighted by molar-refractivity contribution is 5.89. The van der Waals surface area contributed by atoms with Crippen molar-refractivity contribution in [2.24, 2.45) is 5.92 Å². The van der Waals surface area contributed by atoms with Crippen LogP contribution in [0.2, 0.25) is 0 Å². The van der Waals surface area contributed by atoms with Crippen molar-refractivity contribution >= 4 is 11.7 Å². The monoisotopic (exact) mass is 342 g/mol. The molecule has 0 aliphatic carbocycles. The van der Waals surface area contributed by atoms with Crippen molar-refractivity contribution in [3.8, 4) is 0 Å². The highest BCUT2D eigenvalue weighted by Gasteiger charge is 2.29. The first-order valence-corrected chi connectivity index (χ1v) is 8.66. The number of carbonyl (C=O) groups excluding carboxylic acids is 1. The predicted octanol–water partition coefficient (Wildman–Crippen LogP) is 2.13. The fourth-order valence-electron chi connectivity index (χ4n) is 3.47. The Morgan fingerprint density at radius 3 is 2.76 bits per heavy atom. The molecule has 1 N–H and O–H groups in total. The topological polar surface area (TPSA) is 66.3 Å². The number of urea groups is 1. The average Bonchev–Trinajstić information content (AvgIpc) is 3.09. The Morgan fingerprint density at radius 2 is 2.12 bits per heavy atom. The smallest absolute Gasteiger partial charge is 0.321 e. The lowest BCUT2D eigenvalue weighted by Gasteiger charge is -2.39. The molecule has 2 atom stereocenters. The van der Waals surface area contributed by atoms with Gasteiger partial charge in [-0.1, -0.05) is 19.1 Å². The molecule has 1 saturated heterocycles. The van der Waals surface area contributed by atoms with Crippen molar-refractivity contribution < 1.29 is 4.79 Å². The fourth-order valence-corrected chi connectivity index (χ4v) is 3.47. The van der Waals surface area contributed by atoms with Gasteiger partial charge < -0.3 is 15.1 Å². The summed E-state index contributed by atoms with van der Waals surface area (Å²) in [4.78, 5) is 20.7. The lowest BCUT2D eigenvalue weighted by molar-refractivity contribution is 0.113. The number of piperidine rings is 1. The lowest BCUT2D eigenvalue weighted by atomic mass is 9.93. The summed E-state index contributed by atoms with van der Waals surface area (Å²) in [5.41, 5.74) is 1.92. The van der Waals surface area contributed by atoms with E-state index in [1.165, 1.54) is 6.33 Å². The van der Waals surface area contributed by atoms with Crippen LogP contribution in [0.4, 0.5) is 10.5 Å². The number of nitrogens with one attached hydrogen (secondary N) is 1. The van der Waals surface area contributed by atoms with Gasteiger partial charge in [0.25, 0.3) is 0 Å². The van der Waals surface area contributed by atoms with Gasteiger partial charge in [0, 0.05) is 25.3 Å². The number of likely N-dealkylation sites (tertiary alicyclic amines) is 1. The molecule has 0 spiro atoms. The second kappa shape index (κ2) is 7.65. The molecule has 7 heteroatoms.